The van der Waals surface area contributed by atoms with Gasteiger partial charge in [-0.15, -0.1) is 0 Å². The minimum atomic E-state index is -0.491. The predicted molar refractivity (Wildman–Crippen MR) is 104 cm³/mol. The van der Waals surface area contributed by atoms with E-state index in [4.69, 9.17) is 14.2 Å². The smallest absolute Gasteiger partial charge is 0.266 e. The number of anilines is 1. The molecule has 0 aliphatic heterocycles. The van der Waals surface area contributed by atoms with Crippen LogP contribution in [0.5, 0.6) is 17.2 Å². The highest BCUT2D eigenvalue weighted by molar-refractivity contribution is 6.09. The lowest BCUT2D eigenvalue weighted by Gasteiger charge is -2.10. The molecule has 2 rings (SSSR count). The molecule has 0 radical (unpaired) electrons. The maximum Gasteiger partial charge on any atom is 0.266 e. The Balaban J connectivity index is 2.17. The largest absolute Gasteiger partial charge is 0.494 e. The molecule has 0 atom stereocenters. The number of methoxy groups -OCH3 is 1. The van der Waals surface area contributed by atoms with Crippen molar-refractivity contribution < 1.29 is 19.0 Å². The normalized spacial score (nSPS) is 10.7. The van der Waals surface area contributed by atoms with E-state index in [2.05, 4.69) is 5.32 Å². The Labute approximate surface area is 159 Å². The average molecular weight is 366 g/mol. The van der Waals surface area contributed by atoms with E-state index in [1.807, 2.05) is 19.9 Å². The Bertz CT molecular complexity index is 851. The van der Waals surface area contributed by atoms with E-state index in [1.54, 1.807) is 42.5 Å². The Morgan fingerprint density at radius 3 is 2.37 bits per heavy atom. The molecule has 2 aromatic carbocycles. The molecule has 0 spiro atoms. The van der Waals surface area contributed by atoms with Crippen molar-refractivity contribution in [3.63, 3.8) is 0 Å². The zero-order valence-corrected chi connectivity index (χ0v) is 15.6. The molecule has 2 aromatic rings. The van der Waals surface area contributed by atoms with E-state index >= 15 is 0 Å². The Morgan fingerprint density at radius 2 is 1.78 bits per heavy atom. The molecule has 140 valence electrons. The van der Waals surface area contributed by atoms with Crippen molar-refractivity contribution in [1.82, 2.24) is 0 Å². The quantitative estimate of drug-likeness (QED) is 0.563. The number of ether oxygens (including phenoxy) is 3. The van der Waals surface area contributed by atoms with Crippen LogP contribution in [0.4, 0.5) is 5.69 Å². The molecule has 0 aliphatic carbocycles. The zero-order chi connectivity index (χ0) is 19.6. The fraction of sp³-hybridized carbons (Fsp3) is 0.238. The third kappa shape index (κ3) is 5.51. The van der Waals surface area contributed by atoms with E-state index in [9.17, 15) is 10.1 Å². The second-order valence-corrected chi connectivity index (χ2v) is 5.42. The fourth-order valence-electron chi connectivity index (χ4n) is 2.36. The van der Waals surface area contributed by atoms with Gasteiger partial charge in [0, 0.05) is 5.69 Å². The van der Waals surface area contributed by atoms with Gasteiger partial charge in [0.15, 0.2) is 11.5 Å². The van der Waals surface area contributed by atoms with Crippen LogP contribution in [-0.4, -0.2) is 26.2 Å². The summed E-state index contributed by atoms with van der Waals surface area (Å²) in [6.07, 6.45) is 1.50. The number of rotatable bonds is 8. The highest BCUT2D eigenvalue weighted by atomic mass is 16.5. The molecule has 27 heavy (non-hydrogen) atoms. The van der Waals surface area contributed by atoms with Crippen molar-refractivity contribution in [1.29, 1.82) is 5.26 Å². The number of benzene rings is 2. The fourth-order valence-corrected chi connectivity index (χ4v) is 2.36. The summed E-state index contributed by atoms with van der Waals surface area (Å²) in [6.45, 7) is 4.86. The van der Waals surface area contributed by atoms with Crippen LogP contribution in [-0.2, 0) is 4.79 Å². The molecule has 1 amide bonds. The van der Waals surface area contributed by atoms with Crippen molar-refractivity contribution in [2.24, 2.45) is 0 Å². The van der Waals surface area contributed by atoms with E-state index in [0.29, 0.717) is 41.7 Å². The molecule has 0 aromatic heterocycles. The molecule has 0 bridgehead atoms. The second-order valence-electron chi connectivity index (χ2n) is 5.42. The summed E-state index contributed by atoms with van der Waals surface area (Å²) < 4.78 is 16.1. The third-order valence-corrected chi connectivity index (χ3v) is 3.59. The molecule has 1 N–H and O–H groups in total. The summed E-state index contributed by atoms with van der Waals surface area (Å²) in [4.78, 5) is 12.4. The van der Waals surface area contributed by atoms with Gasteiger partial charge in [-0.1, -0.05) is 6.07 Å². The van der Waals surface area contributed by atoms with Crippen LogP contribution in [0.2, 0.25) is 0 Å². The van der Waals surface area contributed by atoms with Gasteiger partial charge >= 0.3 is 0 Å². The van der Waals surface area contributed by atoms with E-state index in [1.165, 1.54) is 13.2 Å². The van der Waals surface area contributed by atoms with Crippen molar-refractivity contribution in [3.8, 4) is 23.3 Å². The molecule has 0 saturated carbocycles. The van der Waals surface area contributed by atoms with Gasteiger partial charge in [0.05, 0.1) is 20.3 Å². The van der Waals surface area contributed by atoms with Crippen LogP contribution in [0.3, 0.4) is 0 Å². The molecule has 6 heteroatoms. The van der Waals surface area contributed by atoms with Gasteiger partial charge in [0.1, 0.15) is 17.4 Å². The number of nitrogens with one attached hydrogen (secondary N) is 1. The van der Waals surface area contributed by atoms with Crippen LogP contribution in [0.15, 0.2) is 48.0 Å². The maximum atomic E-state index is 12.4. The number of hydrogen-bond donors (Lipinski definition) is 1. The lowest BCUT2D eigenvalue weighted by molar-refractivity contribution is -0.112. The van der Waals surface area contributed by atoms with Gasteiger partial charge in [0.25, 0.3) is 5.91 Å². The molecular weight excluding hydrogens is 344 g/mol. The number of nitriles is 1. The topological polar surface area (TPSA) is 80.6 Å². The number of nitrogens with zero attached hydrogens (tertiary/aromatic N) is 1. The summed E-state index contributed by atoms with van der Waals surface area (Å²) in [5.41, 5.74) is 1.22. The first kappa shape index (κ1) is 19.9. The van der Waals surface area contributed by atoms with Gasteiger partial charge in [-0.05, 0) is 61.9 Å². The van der Waals surface area contributed by atoms with Crippen LogP contribution in [0, 0.1) is 11.3 Å². The zero-order valence-electron chi connectivity index (χ0n) is 15.6. The highest BCUT2D eigenvalue weighted by Gasteiger charge is 2.11. The molecular formula is C21H22N2O4. The monoisotopic (exact) mass is 366 g/mol. The molecule has 0 aliphatic rings. The average Bonchev–Trinajstić information content (AvgIpc) is 2.68. The van der Waals surface area contributed by atoms with E-state index in [0.717, 1.165) is 0 Å². The van der Waals surface area contributed by atoms with Crippen LogP contribution < -0.4 is 19.5 Å². The van der Waals surface area contributed by atoms with Crippen molar-refractivity contribution >= 4 is 17.7 Å². The Morgan fingerprint density at radius 1 is 1.07 bits per heavy atom. The second kappa shape index (κ2) is 9.88. The summed E-state index contributed by atoms with van der Waals surface area (Å²) in [7, 11) is 1.54. The van der Waals surface area contributed by atoms with Crippen molar-refractivity contribution in [2.75, 3.05) is 25.6 Å². The summed E-state index contributed by atoms with van der Waals surface area (Å²) in [5.74, 6) is 1.37. The van der Waals surface area contributed by atoms with Gasteiger partial charge in [-0.25, -0.2) is 0 Å². The molecule has 0 fully saturated rings. The molecule has 0 unspecified atom stereocenters. The van der Waals surface area contributed by atoms with E-state index in [-0.39, 0.29) is 5.57 Å². The Hall–Kier alpha value is -3.46. The third-order valence-electron chi connectivity index (χ3n) is 3.59. The summed E-state index contributed by atoms with van der Waals surface area (Å²) in [6, 6.07) is 14.1. The van der Waals surface area contributed by atoms with Gasteiger partial charge in [0.2, 0.25) is 0 Å². The standard InChI is InChI=1S/C21H22N2O4/c1-4-26-18-9-7-17(8-10-18)23-21(24)16(14-22)12-15-6-11-19(27-5-2)20(13-15)25-3/h6-13H,4-5H2,1-3H3,(H,23,24)/b16-12-. The van der Waals surface area contributed by atoms with Gasteiger partial charge in [-0.2, -0.15) is 5.26 Å². The van der Waals surface area contributed by atoms with Crippen LogP contribution >= 0.6 is 0 Å². The first-order chi connectivity index (χ1) is 13.1. The molecule has 0 saturated heterocycles. The van der Waals surface area contributed by atoms with Gasteiger partial charge in [-0.3, -0.25) is 4.79 Å². The predicted octanol–water partition coefficient (Wildman–Crippen LogP) is 4.04. The molecule has 0 heterocycles. The summed E-state index contributed by atoms with van der Waals surface area (Å²) >= 11 is 0. The maximum absolute atomic E-state index is 12.4. The lowest BCUT2D eigenvalue weighted by Crippen LogP contribution is -2.13. The molecule has 6 nitrogen and oxygen atoms in total. The first-order valence-electron chi connectivity index (χ1n) is 8.58. The first-order valence-corrected chi connectivity index (χ1v) is 8.58. The number of hydrogen-bond acceptors (Lipinski definition) is 5. The van der Waals surface area contributed by atoms with Crippen LogP contribution in [0.1, 0.15) is 19.4 Å². The Kier molecular flexibility index (Phi) is 7.26. The number of carbonyl (C=O) groups excluding carboxylic acids is 1. The van der Waals surface area contributed by atoms with Crippen LogP contribution in [0.25, 0.3) is 6.08 Å². The SMILES string of the molecule is CCOc1ccc(NC(=O)/C(C#N)=C\c2ccc(OCC)c(OC)c2)cc1. The van der Waals surface area contributed by atoms with E-state index < -0.39 is 5.91 Å². The van der Waals surface area contributed by atoms with Crippen molar-refractivity contribution in [3.05, 3.63) is 53.6 Å². The minimum absolute atomic E-state index is 0.0184. The minimum Gasteiger partial charge on any atom is -0.494 e. The lowest BCUT2D eigenvalue weighted by atomic mass is 10.1. The summed E-state index contributed by atoms with van der Waals surface area (Å²) in [5, 5.41) is 12.1. The van der Waals surface area contributed by atoms with Gasteiger partial charge < -0.3 is 19.5 Å². The highest BCUT2D eigenvalue weighted by Crippen LogP contribution is 2.29. The number of carbonyl (C=O) groups is 1. The van der Waals surface area contributed by atoms with Crippen molar-refractivity contribution in [2.45, 2.75) is 13.8 Å². The number of amides is 1.